The van der Waals surface area contributed by atoms with Crippen molar-refractivity contribution in [1.82, 2.24) is 9.80 Å². The molecule has 3 rings (SSSR count). The van der Waals surface area contributed by atoms with E-state index in [1.165, 1.54) is 19.3 Å². The zero-order valence-electron chi connectivity index (χ0n) is 12.9. The van der Waals surface area contributed by atoms with Gasteiger partial charge < -0.3 is 9.80 Å². The second-order valence-corrected chi connectivity index (χ2v) is 6.06. The molecule has 3 nitrogen and oxygen atoms in total. The molecule has 3 aliphatic rings. The molecule has 106 valence electrons. The van der Waals surface area contributed by atoms with E-state index in [9.17, 15) is 4.79 Å². The zero-order chi connectivity index (χ0) is 13.9. The van der Waals surface area contributed by atoms with Gasteiger partial charge in [0.15, 0.2) is 0 Å². The molecule has 3 heteroatoms. The monoisotopic (exact) mass is 254 g/mol. The number of piperidine rings is 1. The van der Waals surface area contributed by atoms with Crippen LogP contribution in [-0.4, -0.2) is 48.4 Å². The van der Waals surface area contributed by atoms with Gasteiger partial charge in [0, 0.05) is 12.1 Å². The van der Waals surface area contributed by atoms with E-state index >= 15 is 0 Å². The van der Waals surface area contributed by atoms with Crippen molar-refractivity contribution in [2.24, 2.45) is 11.8 Å². The smallest absolute Gasteiger partial charge is 0.237 e. The van der Waals surface area contributed by atoms with Gasteiger partial charge in [-0.3, -0.25) is 4.79 Å². The Hall–Kier alpha value is -0.570. The van der Waals surface area contributed by atoms with Crippen molar-refractivity contribution in [2.75, 3.05) is 20.6 Å². The lowest BCUT2D eigenvalue weighted by atomic mass is 9.70. The largest absolute Gasteiger partial charge is 0.335 e. The third-order valence-electron chi connectivity index (χ3n) is 4.16. The van der Waals surface area contributed by atoms with E-state index in [0.29, 0.717) is 24.5 Å². The van der Waals surface area contributed by atoms with Crippen molar-refractivity contribution in [3.05, 3.63) is 0 Å². The molecule has 1 saturated carbocycles. The molecule has 2 atom stereocenters. The Kier molecular flexibility index (Phi) is 5.64. The molecular weight excluding hydrogens is 224 g/mol. The summed E-state index contributed by atoms with van der Waals surface area (Å²) in [6.45, 7) is 9.18. The van der Waals surface area contributed by atoms with E-state index in [0.717, 1.165) is 11.8 Å². The Balaban J connectivity index is 0.000000771. The lowest BCUT2D eigenvalue weighted by Crippen LogP contribution is -2.64. The minimum Gasteiger partial charge on any atom is -0.335 e. The minimum absolute atomic E-state index is 0.327. The number of likely N-dealkylation sites (N-methyl/N-ethyl adjacent to an activating group) is 1. The van der Waals surface area contributed by atoms with Crippen molar-refractivity contribution >= 4 is 5.91 Å². The Morgan fingerprint density at radius 3 is 2.06 bits per heavy atom. The summed E-state index contributed by atoms with van der Waals surface area (Å²) in [5, 5.41) is 0. The van der Waals surface area contributed by atoms with E-state index in [1.54, 1.807) is 0 Å². The van der Waals surface area contributed by atoms with Crippen LogP contribution >= 0.6 is 0 Å². The van der Waals surface area contributed by atoms with Gasteiger partial charge in [-0.1, -0.05) is 27.7 Å². The van der Waals surface area contributed by atoms with Crippen molar-refractivity contribution in [1.29, 1.82) is 0 Å². The first kappa shape index (κ1) is 15.5. The minimum atomic E-state index is 0.327. The van der Waals surface area contributed by atoms with Crippen LogP contribution in [0.15, 0.2) is 0 Å². The van der Waals surface area contributed by atoms with E-state index in [4.69, 9.17) is 0 Å². The lowest BCUT2D eigenvalue weighted by molar-refractivity contribution is -0.153. The van der Waals surface area contributed by atoms with E-state index in [-0.39, 0.29) is 0 Å². The Labute approximate surface area is 113 Å². The van der Waals surface area contributed by atoms with Crippen LogP contribution in [0.5, 0.6) is 0 Å². The molecule has 0 aromatic heterocycles. The van der Waals surface area contributed by atoms with Crippen molar-refractivity contribution in [2.45, 2.75) is 59.0 Å². The van der Waals surface area contributed by atoms with Crippen LogP contribution in [0.4, 0.5) is 0 Å². The highest BCUT2D eigenvalue weighted by Gasteiger charge is 2.47. The van der Waals surface area contributed by atoms with Gasteiger partial charge in [-0.05, 0) is 45.2 Å². The maximum absolute atomic E-state index is 12.0. The topological polar surface area (TPSA) is 23.6 Å². The van der Waals surface area contributed by atoms with Crippen LogP contribution < -0.4 is 0 Å². The van der Waals surface area contributed by atoms with Gasteiger partial charge in [-0.2, -0.15) is 0 Å². The molecule has 1 aliphatic carbocycles. The van der Waals surface area contributed by atoms with E-state index in [1.807, 2.05) is 32.8 Å². The molecule has 2 unspecified atom stereocenters. The van der Waals surface area contributed by atoms with Crippen LogP contribution in [0.2, 0.25) is 0 Å². The number of amides is 1. The van der Waals surface area contributed by atoms with Gasteiger partial charge in [0.1, 0.15) is 0 Å². The predicted molar refractivity (Wildman–Crippen MR) is 76.5 cm³/mol. The fourth-order valence-electron chi connectivity index (χ4n) is 3.22. The quantitative estimate of drug-likeness (QED) is 0.773. The van der Waals surface area contributed by atoms with Crippen molar-refractivity contribution in [3.63, 3.8) is 0 Å². The molecule has 0 radical (unpaired) electrons. The summed E-state index contributed by atoms with van der Waals surface area (Å²) in [5.74, 6) is 1.94. The van der Waals surface area contributed by atoms with Gasteiger partial charge >= 0.3 is 0 Å². The van der Waals surface area contributed by atoms with Crippen LogP contribution in [0.25, 0.3) is 0 Å². The average molecular weight is 254 g/mol. The molecule has 2 saturated heterocycles. The fourth-order valence-corrected chi connectivity index (χ4v) is 3.22. The second kappa shape index (κ2) is 6.55. The maximum atomic E-state index is 12.0. The molecule has 2 bridgehead atoms. The van der Waals surface area contributed by atoms with Crippen LogP contribution in [0.1, 0.15) is 47.0 Å². The molecule has 0 aromatic rings. The predicted octanol–water partition coefficient (Wildman–Crippen LogP) is 2.61. The van der Waals surface area contributed by atoms with E-state index < -0.39 is 0 Å². The standard InChI is InChI=1S/C13H24N2O.C2H6/c1-9(2)10-5-11-7-12(6-10)15(11)13(16)8-14(3)4;1-2/h9-12H,5-8H2,1-4H3;1-2H3. The summed E-state index contributed by atoms with van der Waals surface area (Å²) in [6, 6.07) is 1.11. The Morgan fingerprint density at radius 2 is 1.67 bits per heavy atom. The fraction of sp³-hybridized carbons (Fsp3) is 0.933. The Bertz CT molecular complexity index is 264. The summed E-state index contributed by atoms with van der Waals surface area (Å²) in [5.41, 5.74) is 0. The van der Waals surface area contributed by atoms with Crippen LogP contribution in [0.3, 0.4) is 0 Å². The molecule has 2 heterocycles. The van der Waals surface area contributed by atoms with Gasteiger partial charge in [-0.25, -0.2) is 0 Å². The summed E-state index contributed by atoms with van der Waals surface area (Å²) >= 11 is 0. The first-order valence-corrected chi connectivity index (χ1v) is 7.45. The highest BCUT2D eigenvalue weighted by molar-refractivity contribution is 5.80. The molecule has 2 aliphatic heterocycles. The number of rotatable bonds is 3. The number of nitrogens with zero attached hydrogens (tertiary/aromatic N) is 2. The van der Waals surface area contributed by atoms with Crippen molar-refractivity contribution in [3.8, 4) is 0 Å². The van der Waals surface area contributed by atoms with Crippen molar-refractivity contribution < 1.29 is 4.79 Å². The summed E-state index contributed by atoms with van der Waals surface area (Å²) < 4.78 is 0. The highest BCUT2D eigenvalue weighted by atomic mass is 16.2. The Morgan fingerprint density at radius 1 is 1.17 bits per heavy atom. The third kappa shape index (κ3) is 3.25. The molecule has 3 fully saturated rings. The van der Waals surface area contributed by atoms with Crippen LogP contribution in [0, 0.1) is 11.8 Å². The van der Waals surface area contributed by atoms with Gasteiger partial charge in [0.2, 0.25) is 5.91 Å². The number of fused-ring (bicyclic) bond motifs is 2. The highest BCUT2D eigenvalue weighted by Crippen LogP contribution is 2.43. The number of carbonyl (C=O) groups excluding carboxylic acids is 1. The van der Waals surface area contributed by atoms with Crippen LogP contribution in [-0.2, 0) is 4.79 Å². The summed E-state index contributed by atoms with van der Waals surface area (Å²) in [6.07, 6.45) is 3.71. The average Bonchev–Trinajstić information content (AvgIpc) is 2.30. The van der Waals surface area contributed by atoms with Gasteiger partial charge in [-0.15, -0.1) is 0 Å². The second-order valence-electron chi connectivity index (χ2n) is 6.06. The maximum Gasteiger partial charge on any atom is 0.237 e. The number of carbonyl (C=O) groups is 1. The first-order valence-electron chi connectivity index (χ1n) is 7.45. The normalized spacial score (nSPS) is 29.8. The molecule has 0 aromatic carbocycles. The number of hydrogen-bond acceptors (Lipinski definition) is 2. The molecular formula is C15H30N2O. The number of hydrogen-bond donors (Lipinski definition) is 0. The first-order chi connectivity index (χ1) is 8.49. The zero-order valence-corrected chi connectivity index (χ0v) is 12.9. The third-order valence-corrected chi connectivity index (χ3v) is 4.16. The SMILES string of the molecule is CC.CC(C)C1CC2CC(C1)N2C(=O)CN(C)C. The molecule has 18 heavy (non-hydrogen) atoms. The van der Waals surface area contributed by atoms with Gasteiger partial charge in [0.25, 0.3) is 0 Å². The molecule has 1 amide bonds. The molecule has 0 N–H and O–H groups in total. The van der Waals surface area contributed by atoms with Gasteiger partial charge in [0.05, 0.1) is 6.54 Å². The van der Waals surface area contributed by atoms with E-state index in [2.05, 4.69) is 18.7 Å². The lowest BCUT2D eigenvalue weighted by Gasteiger charge is -2.56. The summed E-state index contributed by atoms with van der Waals surface area (Å²) in [7, 11) is 3.93. The summed E-state index contributed by atoms with van der Waals surface area (Å²) in [4.78, 5) is 16.1. The molecule has 0 spiro atoms.